The quantitative estimate of drug-likeness (QED) is 0.697. The Morgan fingerprint density at radius 1 is 1.40 bits per heavy atom. The van der Waals surface area contributed by atoms with E-state index in [0.29, 0.717) is 5.92 Å². The van der Waals surface area contributed by atoms with Crippen LogP contribution in [-0.2, 0) is 0 Å². The van der Waals surface area contributed by atoms with Gasteiger partial charge in [-0.25, -0.2) is 4.79 Å². The Kier molecular flexibility index (Phi) is 3.10. The molecule has 4 nitrogen and oxygen atoms in total. The molecule has 1 N–H and O–H groups in total. The molecule has 0 aromatic rings. The monoisotopic (exact) mass is 207 g/mol. The number of carbonyl (C=O) groups excluding carboxylic acids is 1. The molecule has 15 heavy (non-hydrogen) atoms. The smallest absolute Gasteiger partial charge is 0.318 e. The summed E-state index contributed by atoms with van der Waals surface area (Å²) in [6, 6.07) is 2.25. The minimum atomic E-state index is -0.0628. The summed E-state index contributed by atoms with van der Waals surface area (Å²) in [4.78, 5) is 13.1. The molecule has 0 aromatic carbocycles. The second-order valence-corrected chi connectivity index (χ2v) is 4.49. The molecule has 0 spiro atoms. The van der Waals surface area contributed by atoms with Crippen molar-refractivity contribution in [2.24, 2.45) is 5.92 Å². The summed E-state index contributed by atoms with van der Waals surface area (Å²) in [6.07, 6.45) is 6.36. The van der Waals surface area contributed by atoms with Crippen LogP contribution in [0.3, 0.4) is 0 Å². The zero-order valence-corrected chi connectivity index (χ0v) is 8.91. The van der Waals surface area contributed by atoms with Crippen LogP contribution in [0.2, 0.25) is 0 Å². The lowest BCUT2D eigenvalue weighted by atomic mass is 9.84. The standard InChI is InChI=1S/C11H17N3O/c12-6-7-14-8-10(13-11(14)15)9-4-2-1-3-5-9/h9-10H,1-5,7-8H2,(H,13,15). The molecule has 1 aliphatic heterocycles. The molecule has 1 atom stereocenters. The third kappa shape index (κ3) is 2.23. The van der Waals surface area contributed by atoms with Crippen LogP contribution in [0.1, 0.15) is 32.1 Å². The molecule has 1 saturated heterocycles. The number of amides is 2. The number of rotatable bonds is 2. The van der Waals surface area contributed by atoms with Crippen LogP contribution < -0.4 is 5.32 Å². The van der Waals surface area contributed by atoms with Crippen molar-refractivity contribution in [3.8, 4) is 6.07 Å². The molecular formula is C11H17N3O. The first kappa shape index (κ1) is 10.3. The SMILES string of the molecule is N#CCN1CC(C2CCCCC2)NC1=O. The molecule has 1 unspecified atom stereocenters. The third-order valence-corrected chi connectivity index (χ3v) is 3.49. The molecule has 1 saturated carbocycles. The van der Waals surface area contributed by atoms with E-state index in [0.717, 1.165) is 6.54 Å². The van der Waals surface area contributed by atoms with Crippen LogP contribution in [0.5, 0.6) is 0 Å². The van der Waals surface area contributed by atoms with E-state index in [1.807, 2.05) is 6.07 Å². The Morgan fingerprint density at radius 3 is 2.80 bits per heavy atom. The summed E-state index contributed by atoms with van der Waals surface area (Å²) in [5.74, 6) is 0.631. The molecule has 4 heteroatoms. The average molecular weight is 207 g/mol. The van der Waals surface area contributed by atoms with Crippen molar-refractivity contribution >= 4 is 6.03 Å². The molecule has 2 rings (SSSR count). The van der Waals surface area contributed by atoms with Crippen molar-refractivity contribution in [2.45, 2.75) is 38.1 Å². The zero-order valence-electron chi connectivity index (χ0n) is 8.91. The van der Waals surface area contributed by atoms with Gasteiger partial charge in [0.1, 0.15) is 6.54 Å². The molecule has 1 aliphatic carbocycles. The van der Waals surface area contributed by atoms with Gasteiger partial charge in [-0.05, 0) is 18.8 Å². The molecule has 2 fully saturated rings. The van der Waals surface area contributed by atoms with E-state index in [1.54, 1.807) is 4.90 Å². The van der Waals surface area contributed by atoms with E-state index in [-0.39, 0.29) is 18.6 Å². The van der Waals surface area contributed by atoms with Crippen LogP contribution in [-0.4, -0.2) is 30.1 Å². The summed E-state index contributed by atoms with van der Waals surface area (Å²) in [5.41, 5.74) is 0. The largest absolute Gasteiger partial charge is 0.333 e. The molecule has 0 radical (unpaired) electrons. The first-order valence-corrected chi connectivity index (χ1v) is 5.73. The maximum Gasteiger partial charge on any atom is 0.318 e. The van der Waals surface area contributed by atoms with E-state index in [4.69, 9.17) is 5.26 Å². The second kappa shape index (κ2) is 4.52. The third-order valence-electron chi connectivity index (χ3n) is 3.49. The minimum Gasteiger partial charge on any atom is -0.333 e. The van der Waals surface area contributed by atoms with Crippen LogP contribution in [0.15, 0.2) is 0 Å². The van der Waals surface area contributed by atoms with Gasteiger partial charge < -0.3 is 10.2 Å². The van der Waals surface area contributed by atoms with E-state index in [9.17, 15) is 4.79 Å². The van der Waals surface area contributed by atoms with E-state index in [2.05, 4.69) is 5.32 Å². The summed E-state index contributed by atoms with van der Waals surface area (Å²) < 4.78 is 0. The fourth-order valence-electron chi connectivity index (χ4n) is 2.64. The summed E-state index contributed by atoms with van der Waals surface area (Å²) in [5, 5.41) is 11.6. The molecule has 82 valence electrons. The van der Waals surface area contributed by atoms with Gasteiger partial charge in [-0.2, -0.15) is 5.26 Å². The van der Waals surface area contributed by atoms with E-state index in [1.165, 1.54) is 32.1 Å². The van der Waals surface area contributed by atoms with Crippen molar-refractivity contribution < 1.29 is 4.79 Å². The maximum absolute atomic E-state index is 11.5. The fourth-order valence-corrected chi connectivity index (χ4v) is 2.64. The van der Waals surface area contributed by atoms with Gasteiger partial charge in [0.2, 0.25) is 0 Å². The van der Waals surface area contributed by atoms with Gasteiger partial charge >= 0.3 is 6.03 Å². The molecule has 2 amide bonds. The highest BCUT2D eigenvalue weighted by Crippen LogP contribution is 2.28. The van der Waals surface area contributed by atoms with Crippen molar-refractivity contribution in [2.75, 3.05) is 13.1 Å². The summed E-state index contributed by atoms with van der Waals surface area (Å²) in [7, 11) is 0. The molecule has 0 bridgehead atoms. The molecular weight excluding hydrogens is 190 g/mol. The Morgan fingerprint density at radius 2 is 2.13 bits per heavy atom. The highest BCUT2D eigenvalue weighted by atomic mass is 16.2. The first-order valence-electron chi connectivity index (χ1n) is 5.73. The lowest BCUT2D eigenvalue weighted by Gasteiger charge is -2.26. The van der Waals surface area contributed by atoms with Gasteiger partial charge in [0.05, 0.1) is 12.1 Å². The fraction of sp³-hybridized carbons (Fsp3) is 0.818. The van der Waals surface area contributed by atoms with Gasteiger partial charge in [-0.3, -0.25) is 0 Å². The lowest BCUT2D eigenvalue weighted by molar-refractivity contribution is 0.222. The number of urea groups is 1. The predicted molar refractivity (Wildman–Crippen MR) is 56.1 cm³/mol. The highest BCUT2D eigenvalue weighted by Gasteiger charge is 2.34. The molecule has 0 aromatic heterocycles. The Hall–Kier alpha value is -1.24. The highest BCUT2D eigenvalue weighted by molar-refractivity contribution is 5.77. The molecule has 2 aliphatic rings. The van der Waals surface area contributed by atoms with Crippen LogP contribution in [0, 0.1) is 17.2 Å². The van der Waals surface area contributed by atoms with Crippen molar-refractivity contribution in [1.82, 2.24) is 10.2 Å². The van der Waals surface area contributed by atoms with E-state index < -0.39 is 0 Å². The second-order valence-electron chi connectivity index (χ2n) is 4.49. The van der Waals surface area contributed by atoms with Gasteiger partial charge in [0, 0.05) is 6.54 Å². The summed E-state index contributed by atoms with van der Waals surface area (Å²) in [6.45, 7) is 0.937. The molecule has 1 heterocycles. The summed E-state index contributed by atoms with van der Waals surface area (Å²) >= 11 is 0. The van der Waals surface area contributed by atoms with Gasteiger partial charge in [-0.1, -0.05) is 19.3 Å². The number of nitriles is 1. The predicted octanol–water partition coefficient (Wildman–Crippen LogP) is 1.48. The Labute approximate surface area is 90.2 Å². The normalized spacial score (nSPS) is 27.5. The first-order chi connectivity index (χ1) is 7.31. The number of nitrogens with one attached hydrogen (secondary N) is 1. The number of hydrogen-bond donors (Lipinski definition) is 1. The number of hydrogen-bond acceptors (Lipinski definition) is 2. The van der Waals surface area contributed by atoms with Gasteiger partial charge in [0.15, 0.2) is 0 Å². The lowest BCUT2D eigenvalue weighted by Crippen LogP contribution is -2.35. The van der Waals surface area contributed by atoms with Crippen molar-refractivity contribution in [3.63, 3.8) is 0 Å². The average Bonchev–Trinajstić information content (AvgIpc) is 2.63. The zero-order chi connectivity index (χ0) is 10.7. The van der Waals surface area contributed by atoms with E-state index >= 15 is 0 Å². The van der Waals surface area contributed by atoms with Crippen LogP contribution in [0.25, 0.3) is 0 Å². The maximum atomic E-state index is 11.5. The van der Waals surface area contributed by atoms with Gasteiger partial charge in [-0.15, -0.1) is 0 Å². The van der Waals surface area contributed by atoms with Crippen LogP contribution in [0.4, 0.5) is 4.79 Å². The van der Waals surface area contributed by atoms with Crippen molar-refractivity contribution in [3.05, 3.63) is 0 Å². The van der Waals surface area contributed by atoms with Gasteiger partial charge in [0.25, 0.3) is 0 Å². The number of nitrogens with zero attached hydrogens (tertiary/aromatic N) is 2. The Bertz CT molecular complexity index is 278. The van der Waals surface area contributed by atoms with Crippen LogP contribution >= 0.6 is 0 Å². The Balaban J connectivity index is 1.90. The minimum absolute atomic E-state index is 0.0628. The topological polar surface area (TPSA) is 56.1 Å². The van der Waals surface area contributed by atoms with Crippen molar-refractivity contribution in [1.29, 1.82) is 5.26 Å². The number of carbonyl (C=O) groups is 1.